The van der Waals surface area contributed by atoms with Gasteiger partial charge in [-0.25, -0.2) is 0 Å². The van der Waals surface area contributed by atoms with Crippen LogP contribution in [-0.2, 0) is 0 Å². The van der Waals surface area contributed by atoms with E-state index >= 15 is 0 Å². The van der Waals surface area contributed by atoms with Crippen LogP contribution in [-0.4, -0.2) is 24.0 Å². The zero-order chi connectivity index (χ0) is 13.1. The Bertz CT molecular complexity index is 372. The fourth-order valence-corrected chi connectivity index (χ4v) is 3.95. The van der Waals surface area contributed by atoms with Crippen LogP contribution >= 0.6 is 22.9 Å². The van der Waals surface area contributed by atoms with E-state index < -0.39 is 0 Å². The molecule has 1 fully saturated rings. The number of hydrogen-bond acceptors (Lipinski definition) is 3. The molecule has 1 aliphatic heterocycles. The summed E-state index contributed by atoms with van der Waals surface area (Å²) < 4.78 is 0.865. The van der Waals surface area contributed by atoms with E-state index in [0.717, 1.165) is 29.8 Å². The molecule has 0 aliphatic carbocycles. The van der Waals surface area contributed by atoms with E-state index in [1.54, 1.807) is 11.3 Å². The summed E-state index contributed by atoms with van der Waals surface area (Å²) >= 11 is 7.75. The Balaban J connectivity index is 2.15. The first kappa shape index (κ1) is 14.3. The number of hydrogen-bond donors (Lipinski definition) is 1. The van der Waals surface area contributed by atoms with Crippen LogP contribution in [0.2, 0.25) is 4.34 Å². The number of piperidine rings is 1. The summed E-state index contributed by atoms with van der Waals surface area (Å²) in [6.45, 7) is 6.83. The molecule has 2 atom stereocenters. The Morgan fingerprint density at radius 3 is 2.61 bits per heavy atom. The second-order valence-corrected chi connectivity index (χ2v) is 7.12. The maximum absolute atomic E-state index is 6.35. The quantitative estimate of drug-likeness (QED) is 0.909. The predicted octanol–water partition coefficient (Wildman–Crippen LogP) is 3.91. The molecule has 1 aromatic rings. The van der Waals surface area contributed by atoms with Gasteiger partial charge in [-0.15, -0.1) is 11.3 Å². The van der Waals surface area contributed by atoms with Crippen molar-refractivity contribution < 1.29 is 0 Å². The summed E-state index contributed by atoms with van der Waals surface area (Å²) in [5.41, 5.74) is 6.35. The first-order valence-corrected chi connectivity index (χ1v) is 8.06. The van der Waals surface area contributed by atoms with E-state index in [1.807, 2.05) is 6.07 Å². The lowest BCUT2D eigenvalue weighted by Gasteiger charge is -2.38. The molecule has 102 valence electrons. The fourth-order valence-electron chi connectivity index (χ4n) is 2.68. The molecule has 0 aromatic carbocycles. The molecule has 2 N–H and O–H groups in total. The van der Waals surface area contributed by atoms with Crippen LogP contribution in [0.4, 0.5) is 0 Å². The van der Waals surface area contributed by atoms with Gasteiger partial charge in [0.25, 0.3) is 0 Å². The molecular weight excluding hydrogens is 264 g/mol. The third-order valence-corrected chi connectivity index (χ3v) is 5.28. The lowest BCUT2D eigenvalue weighted by molar-refractivity contribution is 0.121. The van der Waals surface area contributed by atoms with Crippen LogP contribution in [0.1, 0.15) is 44.0 Å². The number of nitrogens with zero attached hydrogens (tertiary/aromatic N) is 1. The normalized spacial score (nSPS) is 22.0. The first-order valence-electron chi connectivity index (χ1n) is 6.86. The third-order valence-electron chi connectivity index (χ3n) is 3.97. The molecule has 0 amide bonds. The molecule has 0 saturated carbocycles. The molecular formula is C14H23ClN2S. The zero-order valence-corrected chi connectivity index (χ0v) is 12.8. The highest BCUT2D eigenvalue weighted by molar-refractivity contribution is 7.16. The second kappa shape index (κ2) is 6.38. The van der Waals surface area contributed by atoms with Crippen molar-refractivity contribution in [1.82, 2.24) is 4.90 Å². The highest BCUT2D eigenvalue weighted by Crippen LogP contribution is 2.35. The highest BCUT2D eigenvalue weighted by Gasteiger charge is 2.29. The molecule has 1 aromatic heterocycles. The van der Waals surface area contributed by atoms with Crippen molar-refractivity contribution in [3.8, 4) is 0 Å². The number of halogens is 1. The summed E-state index contributed by atoms with van der Waals surface area (Å²) in [5.74, 6) is 0.853. The van der Waals surface area contributed by atoms with Gasteiger partial charge in [-0.2, -0.15) is 0 Å². The van der Waals surface area contributed by atoms with Crippen molar-refractivity contribution in [1.29, 1.82) is 0 Å². The Morgan fingerprint density at radius 1 is 1.44 bits per heavy atom. The third kappa shape index (κ3) is 3.27. The van der Waals surface area contributed by atoms with E-state index in [9.17, 15) is 0 Å². The molecule has 2 nitrogen and oxygen atoms in total. The van der Waals surface area contributed by atoms with E-state index in [1.165, 1.54) is 17.7 Å². The van der Waals surface area contributed by atoms with E-state index in [-0.39, 0.29) is 6.04 Å². The Kier molecular flexibility index (Phi) is 5.07. The lowest BCUT2D eigenvalue weighted by atomic mass is 9.95. The van der Waals surface area contributed by atoms with E-state index in [4.69, 9.17) is 17.3 Å². The zero-order valence-electron chi connectivity index (χ0n) is 11.2. The summed E-state index contributed by atoms with van der Waals surface area (Å²) in [4.78, 5) is 3.87. The molecule has 0 radical (unpaired) electrons. The monoisotopic (exact) mass is 286 g/mol. The van der Waals surface area contributed by atoms with E-state index in [0.29, 0.717) is 6.04 Å². The minimum Gasteiger partial charge on any atom is -0.326 e. The van der Waals surface area contributed by atoms with Crippen molar-refractivity contribution >= 4 is 22.9 Å². The first-order chi connectivity index (χ1) is 8.61. The van der Waals surface area contributed by atoms with Crippen LogP contribution in [0.5, 0.6) is 0 Å². The molecule has 0 bridgehead atoms. The number of thiophene rings is 1. The van der Waals surface area contributed by atoms with Crippen molar-refractivity contribution in [2.45, 2.75) is 45.2 Å². The maximum Gasteiger partial charge on any atom is 0.0931 e. The van der Waals surface area contributed by atoms with Crippen LogP contribution in [0.15, 0.2) is 12.1 Å². The summed E-state index contributed by atoms with van der Waals surface area (Å²) in [6.07, 6.45) is 3.57. The topological polar surface area (TPSA) is 29.3 Å². The molecule has 4 heteroatoms. The molecule has 1 aliphatic rings. The molecule has 18 heavy (non-hydrogen) atoms. The fraction of sp³-hybridized carbons (Fsp3) is 0.714. The maximum atomic E-state index is 6.35. The van der Waals surface area contributed by atoms with Crippen LogP contribution in [0.3, 0.4) is 0 Å². The number of rotatable bonds is 4. The van der Waals surface area contributed by atoms with Crippen LogP contribution in [0, 0.1) is 5.92 Å². The van der Waals surface area contributed by atoms with Crippen LogP contribution in [0.25, 0.3) is 0 Å². The minimum absolute atomic E-state index is 0.202. The van der Waals surface area contributed by atoms with Gasteiger partial charge in [0, 0.05) is 10.9 Å². The summed E-state index contributed by atoms with van der Waals surface area (Å²) in [7, 11) is 0. The molecule has 2 rings (SSSR count). The smallest absolute Gasteiger partial charge is 0.0931 e. The lowest BCUT2D eigenvalue weighted by Crippen LogP contribution is -2.44. The largest absolute Gasteiger partial charge is 0.326 e. The van der Waals surface area contributed by atoms with Crippen molar-refractivity contribution in [2.24, 2.45) is 11.7 Å². The van der Waals surface area contributed by atoms with Gasteiger partial charge in [0.1, 0.15) is 0 Å². The van der Waals surface area contributed by atoms with Crippen molar-refractivity contribution in [3.63, 3.8) is 0 Å². The van der Waals surface area contributed by atoms with Gasteiger partial charge in [-0.3, -0.25) is 4.90 Å². The van der Waals surface area contributed by atoms with Gasteiger partial charge in [0.2, 0.25) is 0 Å². The average Bonchev–Trinajstić information content (AvgIpc) is 2.78. The minimum atomic E-state index is 0.202. The van der Waals surface area contributed by atoms with Crippen molar-refractivity contribution in [3.05, 3.63) is 21.3 Å². The number of likely N-dealkylation sites (tertiary alicyclic amines) is 1. The van der Waals surface area contributed by atoms with Crippen LogP contribution < -0.4 is 5.73 Å². The Labute approximate surface area is 119 Å². The highest BCUT2D eigenvalue weighted by atomic mass is 35.5. The molecule has 2 heterocycles. The Hall–Kier alpha value is -0.0900. The van der Waals surface area contributed by atoms with E-state index in [2.05, 4.69) is 24.8 Å². The SMILES string of the molecule is CCC(N)C(c1ccc(Cl)s1)N1CCC(C)CC1. The predicted molar refractivity (Wildman–Crippen MR) is 80.3 cm³/mol. The number of nitrogens with two attached hydrogens (primary N) is 1. The average molecular weight is 287 g/mol. The van der Waals surface area contributed by atoms with Gasteiger partial charge >= 0.3 is 0 Å². The van der Waals surface area contributed by atoms with Gasteiger partial charge in [0.15, 0.2) is 0 Å². The second-order valence-electron chi connectivity index (χ2n) is 5.38. The van der Waals surface area contributed by atoms with Gasteiger partial charge < -0.3 is 5.73 Å². The summed E-state index contributed by atoms with van der Waals surface area (Å²) in [5, 5.41) is 0. The van der Waals surface area contributed by atoms with Gasteiger partial charge in [-0.1, -0.05) is 25.4 Å². The molecule has 2 unspecified atom stereocenters. The summed E-state index contributed by atoms with van der Waals surface area (Å²) in [6, 6.07) is 4.68. The van der Waals surface area contributed by atoms with Gasteiger partial charge in [0.05, 0.1) is 10.4 Å². The van der Waals surface area contributed by atoms with Crippen molar-refractivity contribution in [2.75, 3.05) is 13.1 Å². The van der Waals surface area contributed by atoms with Gasteiger partial charge in [-0.05, 0) is 50.4 Å². The molecule has 1 saturated heterocycles. The molecule has 0 spiro atoms. The Morgan fingerprint density at radius 2 is 2.11 bits per heavy atom. The standard InChI is InChI=1S/C14H23ClN2S/c1-3-11(16)14(12-4-5-13(15)18-12)17-8-6-10(2)7-9-17/h4-5,10-11,14H,3,6-9,16H2,1-2H3.